The molecule has 0 aliphatic carbocycles. The van der Waals surface area contributed by atoms with Gasteiger partial charge in [0, 0.05) is 19.3 Å². The minimum Gasteiger partial charge on any atom is -0.387 e. The highest BCUT2D eigenvalue weighted by atomic mass is 16.3. The second-order valence-electron chi connectivity index (χ2n) is 4.58. The van der Waals surface area contributed by atoms with Gasteiger partial charge in [0.2, 0.25) is 0 Å². The van der Waals surface area contributed by atoms with Crippen molar-refractivity contribution >= 4 is 5.82 Å². The third-order valence-electron chi connectivity index (χ3n) is 2.08. The lowest BCUT2D eigenvalue weighted by Gasteiger charge is -2.27. The molecule has 1 atom stereocenters. The van der Waals surface area contributed by atoms with E-state index < -0.39 is 5.60 Å². The van der Waals surface area contributed by atoms with Gasteiger partial charge in [0.1, 0.15) is 11.6 Å². The highest BCUT2D eigenvalue weighted by molar-refractivity contribution is 5.33. The maximum absolute atomic E-state index is 10.1. The molecule has 0 fully saturated rings. The molecule has 0 radical (unpaired) electrons. The average Bonchev–Trinajstić information content (AvgIpc) is 2.13. The molecule has 0 aliphatic rings. The van der Waals surface area contributed by atoms with Gasteiger partial charge in [0.05, 0.1) is 5.60 Å². The van der Waals surface area contributed by atoms with E-state index in [1.165, 1.54) is 0 Å². The number of hydrogen-bond acceptors (Lipinski definition) is 5. The Bertz CT molecular complexity index is 339. The average molecular weight is 224 g/mol. The van der Waals surface area contributed by atoms with E-state index in [9.17, 15) is 5.11 Å². The summed E-state index contributed by atoms with van der Waals surface area (Å²) in [7, 11) is 3.87. The topological polar surface area (TPSA) is 61.3 Å². The summed E-state index contributed by atoms with van der Waals surface area (Å²) in [5, 5.41) is 13.2. The molecule has 0 spiro atoms. The number of nitrogens with zero attached hydrogens (tertiary/aromatic N) is 3. The lowest BCUT2D eigenvalue weighted by atomic mass is 10.1. The summed E-state index contributed by atoms with van der Waals surface area (Å²) >= 11 is 0. The molecule has 5 heteroatoms. The predicted octanol–water partition coefficient (Wildman–Crippen LogP) is 0.510. The first-order chi connectivity index (χ1) is 7.39. The van der Waals surface area contributed by atoms with Crippen molar-refractivity contribution in [3.63, 3.8) is 0 Å². The summed E-state index contributed by atoms with van der Waals surface area (Å²) in [5.74, 6) is 1.46. The van der Waals surface area contributed by atoms with Crippen LogP contribution in [-0.4, -0.2) is 52.8 Å². The molecule has 0 saturated carbocycles. The number of aryl methyl sites for hydroxylation is 1. The fraction of sp³-hybridized carbons (Fsp3) is 0.636. The van der Waals surface area contributed by atoms with E-state index >= 15 is 0 Å². The van der Waals surface area contributed by atoms with Gasteiger partial charge in [-0.05, 0) is 34.0 Å². The number of hydrogen-bond donors (Lipinski definition) is 2. The molecule has 1 unspecified atom stereocenters. The van der Waals surface area contributed by atoms with Crippen LogP contribution in [0.2, 0.25) is 0 Å². The summed E-state index contributed by atoms with van der Waals surface area (Å²) < 4.78 is 0. The molecule has 1 heterocycles. The number of likely N-dealkylation sites (N-methyl/N-ethyl adjacent to an activating group) is 1. The van der Waals surface area contributed by atoms with Gasteiger partial charge in [-0.2, -0.15) is 0 Å². The van der Waals surface area contributed by atoms with Gasteiger partial charge >= 0.3 is 0 Å². The second-order valence-corrected chi connectivity index (χ2v) is 4.58. The number of aliphatic hydroxyl groups is 1. The van der Waals surface area contributed by atoms with Crippen LogP contribution in [0.5, 0.6) is 0 Å². The zero-order valence-corrected chi connectivity index (χ0v) is 10.4. The van der Waals surface area contributed by atoms with E-state index in [0.717, 1.165) is 11.6 Å². The van der Waals surface area contributed by atoms with Gasteiger partial charge in [0.15, 0.2) is 0 Å². The molecular weight excluding hydrogens is 204 g/mol. The van der Waals surface area contributed by atoms with Crippen molar-refractivity contribution in [2.24, 2.45) is 0 Å². The van der Waals surface area contributed by atoms with Gasteiger partial charge in [0.25, 0.3) is 0 Å². The van der Waals surface area contributed by atoms with E-state index in [1.54, 1.807) is 19.2 Å². The first-order valence-electron chi connectivity index (χ1n) is 5.30. The quantitative estimate of drug-likeness (QED) is 0.763. The van der Waals surface area contributed by atoms with E-state index in [1.807, 2.05) is 25.9 Å². The highest BCUT2D eigenvalue weighted by Crippen LogP contribution is 2.07. The van der Waals surface area contributed by atoms with Gasteiger partial charge in [-0.3, -0.25) is 0 Å². The van der Waals surface area contributed by atoms with Gasteiger partial charge in [-0.25, -0.2) is 9.97 Å². The van der Waals surface area contributed by atoms with Crippen LogP contribution in [0.1, 0.15) is 12.7 Å². The zero-order chi connectivity index (χ0) is 12.2. The Hall–Kier alpha value is -1.20. The number of nitrogens with one attached hydrogen (secondary N) is 1. The Balaban J connectivity index is 2.50. The number of rotatable bonds is 5. The monoisotopic (exact) mass is 224 g/mol. The van der Waals surface area contributed by atoms with Crippen molar-refractivity contribution in [3.8, 4) is 0 Å². The lowest BCUT2D eigenvalue weighted by molar-refractivity contribution is 0.0459. The van der Waals surface area contributed by atoms with Crippen LogP contribution in [0.15, 0.2) is 12.3 Å². The van der Waals surface area contributed by atoms with E-state index in [2.05, 4.69) is 15.3 Å². The normalized spacial score (nSPS) is 14.9. The van der Waals surface area contributed by atoms with E-state index in [0.29, 0.717) is 13.1 Å². The fourth-order valence-electron chi connectivity index (χ4n) is 1.57. The van der Waals surface area contributed by atoms with Crippen LogP contribution < -0.4 is 5.32 Å². The van der Waals surface area contributed by atoms with Crippen LogP contribution in [0.4, 0.5) is 5.82 Å². The predicted molar refractivity (Wildman–Crippen MR) is 64.4 cm³/mol. The Labute approximate surface area is 96.5 Å². The van der Waals surface area contributed by atoms with Gasteiger partial charge in [-0.1, -0.05) is 0 Å². The van der Waals surface area contributed by atoms with E-state index in [4.69, 9.17) is 0 Å². The van der Waals surface area contributed by atoms with Crippen LogP contribution in [-0.2, 0) is 0 Å². The molecule has 0 bridgehead atoms. The third kappa shape index (κ3) is 4.55. The van der Waals surface area contributed by atoms with Gasteiger partial charge in [-0.15, -0.1) is 0 Å². The van der Waals surface area contributed by atoms with E-state index in [-0.39, 0.29) is 0 Å². The fourth-order valence-corrected chi connectivity index (χ4v) is 1.57. The Morgan fingerprint density at radius 3 is 2.75 bits per heavy atom. The molecule has 0 saturated heterocycles. The van der Waals surface area contributed by atoms with Crippen LogP contribution in [0, 0.1) is 6.92 Å². The Kier molecular flexibility index (Phi) is 4.20. The zero-order valence-electron chi connectivity index (χ0n) is 10.4. The van der Waals surface area contributed by atoms with Crippen LogP contribution in [0.25, 0.3) is 0 Å². The largest absolute Gasteiger partial charge is 0.387 e. The van der Waals surface area contributed by atoms with Crippen molar-refractivity contribution in [3.05, 3.63) is 18.1 Å². The molecule has 16 heavy (non-hydrogen) atoms. The van der Waals surface area contributed by atoms with Gasteiger partial charge < -0.3 is 15.3 Å². The first kappa shape index (κ1) is 12.9. The lowest BCUT2D eigenvalue weighted by Crippen LogP contribution is -2.43. The molecule has 0 amide bonds. The smallest absolute Gasteiger partial charge is 0.129 e. The number of anilines is 1. The third-order valence-corrected chi connectivity index (χ3v) is 2.08. The molecule has 1 rings (SSSR count). The maximum Gasteiger partial charge on any atom is 0.129 e. The van der Waals surface area contributed by atoms with Crippen molar-refractivity contribution in [1.29, 1.82) is 0 Å². The summed E-state index contributed by atoms with van der Waals surface area (Å²) in [4.78, 5) is 10.2. The van der Waals surface area contributed by atoms with Crippen LogP contribution in [0.3, 0.4) is 0 Å². The van der Waals surface area contributed by atoms with Crippen molar-refractivity contribution in [2.45, 2.75) is 19.4 Å². The highest BCUT2D eigenvalue weighted by Gasteiger charge is 2.20. The standard InChI is InChI=1S/C11H20N4O/c1-9-12-6-5-10(14-9)13-7-11(2,16)8-15(3)4/h5-6,16H,7-8H2,1-4H3,(H,12,13,14). The molecule has 1 aromatic heterocycles. The Morgan fingerprint density at radius 2 is 2.19 bits per heavy atom. The van der Waals surface area contributed by atoms with Crippen LogP contribution >= 0.6 is 0 Å². The van der Waals surface area contributed by atoms with Crippen molar-refractivity contribution in [1.82, 2.24) is 14.9 Å². The molecular formula is C11H20N4O. The molecule has 90 valence electrons. The first-order valence-corrected chi connectivity index (χ1v) is 5.30. The summed E-state index contributed by atoms with van der Waals surface area (Å²) in [6, 6.07) is 1.79. The molecule has 0 aromatic carbocycles. The minimum atomic E-state index is -0.775. The molecule has 1 aromatic rings. The maximum atomic E-state index is 10.1. The number of aromatic nitrogens is 2. The molecule has 5 nitrogen and oxygen atoms in total. The molecule has 0 aliphatic heterocycles. The SMILES string of the molecule is Cc1nccc(NCC(C)(O)CN(C)C)n1. The second kappa shape index (κ2) is 5.23. The Morgan fingerprint density at radius 1 is 1.50 bits per heavy atom. The molecule has 2 N–H and O–H groups in total. The summed E-state index contributed by atoms with van der Waals surface area (Å²) in [5.41, 5.74) is -0.775. The summed E-state index contributed by atoms with van der Waals surface area (Å²) in [6.45, 7) is 4.70. The minimum absolute atomic E-state index is 0.460. The summed E-state index contributed by atoms with van der Waals surface area (Å²) in [6.07, 6.45) is 1.70. The van der Waals surface area contributed by atoms with Crippen molar-refractivity contribution < 1.29 is 5.11 Å². The van der Waals surface area contributed by atoms with Crippen molar-refractivity contribution in [2.75, 3.05) is 32.5 Å².